The molecular formula is C14H18FN3. The number of alkyl halides is 1. The van der Waals surface area contributed by atoms with Gasteiger partial charge in [-0.1, -0.05) is 12.1 Å². The molecule has 0 bridgehead atoms. The van der Waals surface area contributed by atoms with Crippen LogP contribution in [0.2, 0.25) is 0 Å². The molecule has 1 aliphatic rings. The highest BCUT2D eigenvalue weighted by atomic mass is 19.1. The number of piperidine rings is 1. The standard InChI is InChI=1S/C14H18FN3/c1-9-11-4-3-10(7-13(11)18-17-9)12-5-6-16-8-14(12,2)15/h3-4,7,12,16H,5-6,8H2,1-2H3,(H,17,18). The Bertz CT molecular complexity index is 573. The molecule has 2 unspecified atom stereocenters. The number of rotatable bonds is 1. The molecule has 18 heavy (non-hydrogen) atoms. The van der Waals surface area contributed by atoms with Crippen LogP contribution < -0.4 is 5.32 Å². The third-order valence-corrected chi connectivity index (χ3v) is 3.98. The van der Waals surface area contributed by atoms with Gasteiger partial charge in [-0.25, -0.2) is 4.39 Å². The summed E-state index contributed by atoms with van der Waals surface area (Å²) in [6.07, 6.45) is 0.835. The van der Waals surface area contributed by atoms with Crippen molar-refractivity contribution in [2.75, 3.05) is 13.1 Å². The van der Waals surface area contributed by atoms with Crippen molar-refractivity contribution in [3.63, 3.8) is 0 Å². The summed E-state index contributed by atoms with van der Waals surface area (Å²) in [7, 11) is 0. The van der Waals surface area contributed by atoms with Gasteiger partial charge in [0.05, 0.1) is 5.52 Å². The van der Waals surface area contributed by atoms with E-state index in [1.165, 1.54) is 0 Å². The van der Waals surface area contributed by atoms with Crippen LogP contribution in [0.4, 0.5) is 4.39 Å². The molecule has 0 amide bonds. The van der Waals surface area contributed by atoms with Gasteiger partial charge in [0.2, 0.25) is 0 Å². The average molecular weight is 247 g/mol. The number of hydrogen-bond donors (Lipinski definition) is 2. The Hall–Kier alpha value is -1.42. The molecule has 2 N–H and O–H groups in total. The number of fused-ring (bicyclic) bond motifs is 1. The Morgan fingerprint density at radius 2 is 2.28 bits per heavy atom. The van der Waals surface area contributed by atoms with E-state index in [1.807, 2.05) is 25.1 Å². The van der Waals surface area contributed by atoms with Gasteiger partial charge in [-0.2, -0.15) is 5.10 Å². The zero-order valence-corrected chi connectivity index (χ0v) is 10.8. The van der Waals surface area contributed by atoms with Crippen LogP contribution in [0.25, 0.3) is 10.9 Å². The highest BCUT2D eigenvalue weighted by molar-refractivity contribution is 5.81. The van der Waals surface area contributed by atoms with Gasteiger partial charge in [-0.3, -0.25) is 5.10 Å². The first-order valence-corrected chi connectivity index (χ1v) is 6.42. The van der Waals surface area contributed by atoms with Crippen LogP contribution in [0, 0.1) is 6.92 Å². The topological polar surface area (TPSA) is 40.7 Å². The van der Waals surface area contributed by atoms with Crippen LogP contribution in [0.15, 0.2) is 18.2 Å². The lowest BCUT2D eigenvalue weighted by Crippen LogP contribution is -2.45. The molecule has 0 radical (unpaired) electrons. The zero-order valence-electron chi connectivity index (χ0n) is 10.8. The molecule has 1 aliphatic heterocycles. The predicted octanol–water partition coefficient (Wildman–Crippen LogP) is 2.68. The molecule has 1 aromatic heterocycles. The zero-order chi connectivity index (χ0) is 12.8. The highest BCUT2D eigenvalue weighted by Gasteiger charge is 2.37. The van der Waals surface area contributed by atoms with Crippen molar-refractivity contribution in [2.45, 2.75) is 31.9 Å². The summed E-state index contributed by atoms with van der Waals surface area (Å²) in [5.74, 6) is -0.0415. The van der Waals surface area contributed by atoms with Gasteiger partial charge in [-0.15, -0.1) is 0 Å². The number of nitrogens with one attached hydrogen (secondary N) is 2. The third kappa shape index (κ3) is 1.81. The maximum absolute atomic E-state index is 14.5. The van der Waals surface area contributed by atoms with E-state index in [9.17, 15) is 4.39 Å². The second-order valence-corrected chi connectivity index (χ2v) is 5.42. The van der Waals surface area contributed by atoms with Gasteiger partial charge in [-0.05, 0) is 38.4 Å². The van der Waals surface area contributed by atoms with Crippen molar-refractivity contribution in [1.29, 1.82) is 0 Å². The highest BCUT2D eigenvalue weighted by Crippen LogP contribution is 2.37. The van der Waals surface area contributed by atoms with Crippen molar-refractivity contribution >= 4 is 10.9 Å². The number of benzene rings is 1. The predicted molar refractivity (Wildman–Crippen MR) is 70.6 cm³/mol. The number of aromatic nitrogens is 2. The van der Waals surface area contributed by atoms with Gasteiger partial charge in [0.1, 0.15) is 5.67 Å². The molecule has 96 valence electrons. The van der Waals surface area contributed by atoms with E-state index in [-0.39, 0.29) is 5.92 Å². The van der Waals surface area contributed by atoms with E-state index in [2.05, 4.69) is 15.5 Å². The van der Waals surface area contributed by atoms with E-state index in [0.717, 1.165) is 35.1 Å². The second kappa shape index (κ2) is 4.05. The number of hydrogen-bond acceptors (Lipinski definition) is 2. The maximum atomic E-state index is 14.5. The van der Waals surface area contributed by atoms with E-state index in [1.54, 1.807) is 6.92 Å². The van der Waals surface area contributed by atoms with Gasteiger partial charge < -0.3 is 5.32 Å². The minimum Gasteiger partial charge on any atom is -0.314 e. The molecule has 1 aromatic carbocycles. The summed E-state index contributed by atoms with van der Waals surface area (Å²) in [5, 5.41) is 11.5. The molecule has 3 nitrogen and oxygen atoms in total. The molecule has 2 aromatic rings. The molecular weight excluding hydrogens is 229 g/mol. The first kappa shape index (κ1) is 11.7. The largest absolute Gasteiger partial charge is 0.314 e. The van der Waals surface area contributed by atoms with E-state index in [0.29, 0.717) is 6.54 Å². The first-order valence-electron chi connectivity index (χ1n) is 6.42. The van der Waals surface area contributed by atoms with Crippen LogP contribution in [-0.2, 0) is 0 Å². The average Bonchev–Trinajstić information content (AvgIpc) is 2.70. The number of aromatic amines is 1. The molecule has 0 spiro atoms. The minimum atomic E-state index is -1.18. The van der Waals surface area contributed by atoms with Crippen LogP contribution in [0.5, 0.6) is 0 Å². The Kier molecular flexibility index (Phi) is 2.63. The monoisotopic (exact) mass is 247 g/mol. The van der Waals surface area contributed by atoms with Crippen molar-refractivity contribution in [1.82, 2.24) is 15.5 Å². The van der Waals surface area contributed by atoms with Crippen molar-refractivity contribution < 1.29 is 4.39 Å². The Morgan fingerprint density at radius 1 is 1.44 bits per heavy atom. The van der Waals surface area contributed by atoms with Crippen LogP contribution in [0.1, 0.15) is 30.5 Å². The fraction of sp³-hybridized carbons (Fsp3) is 0.500. The summed E-state index contributed by atoms with van der Waals surface area (Å²) in [5.41, 5.74) is 1.86. The molecule has 3 rings (SSSR count). The van der Waals surface area contributed by atoms with Crippen molar-refractivity contribution in [3.05, 3.63) is 29.5 Å². The Morgan fingerprint density at radius 3 is 3.06 bits per heavy atom. The van der Waals surface area contributed by atoms with Crippen LogP contribution in [-0.4, -0.2) is 29.0 Å². The maximum Gasteiger partial charge on any atom is 0.127 e. The molecule has 4 heteroatoms. The molecule has 0 aliphatic carbocycles. The van der Waals surface area contributed by atoms with Crippen LogP contribution >= 0.6 is 0 Å². The van der Waals surface area contributed by atoms with E-state index < -0.39 is 5.67 Å². The molecule has 2 heterocycles. The van der Waals surface area contributed by atoms with Gasteiger partial charge >= 0.3 is 0 Å². The smallest absolute Gasteiger partial charge is 0.127 e. The first-order chi connectivity index (χ1) is 8.58. The van der Waals surface area contributed by atoms with Crippen LogP contribution in [0.3, 0.4) is 0 Å². The van der Waals surface area contributed by atoms with Gasteiger partial charge in [0.15, 0.2) is 0 Å². The minimum absolute atomic E-state index is 0.0415. The number of aryl methyl sites for hydroxylation is 1. The quantitative estimate of drug-likeness (QED) is 0.813. The molecule has 0 saturated carbocycles. The fourth-order valence-corrected chi connectivity index (χ4v) is 2.90. The lowest BCUT2D eigenvalue weighted by Gasteiger charge is -2.35. The summed E-state index contributed by atoms with van der Waals surface area (Å²) in [4.78, 5) is 0. The molecule has 1 fully saturated rings. The summed E-state index contributed by atoms with van der Waals surface area (Å²) in [6.45, 7) is 4.99. The Labute approximate surface area is 106 Å². The normalized spacial score (nSPS) is 28.7. The fourth-order valence-electron chi connectivity index (χ4n) is 2.90. The number of H-pyrrole nitrogens is 1. The lowest BCUT2D eigenvalue weighted by molar-refractivity contribution is 0.115. The molecule has 2 atom stereocenters. The van der Waals surface area contributed by atoms with Gasteiger partial charge in [0, 0.05) is 23.5 Å². The lowest BCUT2D eigenvalue weighted by atomic mass is 9.80. The van der Waals surface area contributed by atoms with E-state index >= 15 is 0 Å². The SMILES string of the molecule is Cc1[nH]nc2cc(C3CCNCC3(C)F)ccc12. The molecule has 1 saturated heterocycles. The van der Waals surface area contributed by atoms with Crippen molar-refractivity contribution in [3.8, 4) is 0 Å². The summed E-state index contributed by atoms with van der Waals surface area (Å²) < 4.78 is 14.5. The second-order valence-electron chi connectivity index (χ2n) is 5.42. The number of halogens is 1. The van der Waals surface area contributed by atoms with E-state index in [4.69, 9.17) is 0 Å². The summed E-state index contributed by atoms with van der Waals surface area (Å²) >= 11 is 0. The van der Waals surface area contributed by atoms with Crippen molar-refractivity contribution in [2.24, 2.45) is 0 Å². The Balaban J connectivity index is 2.03. The number of nitrogens with zero attached hydrogens (tertiary/aromatic N) is 1. The third-order valence-electron chi connectivity index (χ3n) is 3.98. The van der Waals surface area contributed by atoms with Gasteiger partial charge in [0.25, 0.3) is 0 Å². The summed E-state index contributed by atoms with van der Waals surface area (Å²) in [6, 6.07) is 6.10.